The van der Waals surface area contributed by atoms with Gasteiger partial charge in [0.1, 0.15) is 11.5 Å². The molecule has 1 aromatic carbocycles. The van der Waals surface area contributed by atoms with Crippen molar-refractivity contribution < 1.29 is 14.3 Å². The molecule has 0 fully saturated rings. The standard InChI is InChI=1S/C11H10ClN3O3S/c1-17-9-4-10(18-2)7(3-6(9)12)14-11(16)8-5-13-19-15-8/h3-5H,1-2H3,(H,14,16). The quantitative estimate of drug-likeness (QED) is 0.939. The first-order valence-corrected chi connectivity index (χ1v) is 6.27. The Bertz CT molecular complexity index is 589. The Hall–Kier alpha value is -1.86. The Morgan fingerprint density at radius 3 is 2.63 bits per heavy atom. The molecule has 0 radical (unpaired) electrons. The van der Waals surface area contributed by atoms with E-state index in [0.29, 0.717) is 22.2 Å². The van der Waals surface area contributed by atoms with Crippen molar-refractivity contribution in [2.75, 3.05) is 19.5 Å². The molecule has 1 heterocycles. The van der Waals surface area contributed by atoms with E-state index >= 15 is 0 Å². The Labute approximate surface area is 118 Å². The first-order chi connectivity index (χ1) is 9.15. The van der Waals surface area contributed by atoms with Gasteiger partial charge in [0.15, 0.2) is 5.69 Å². The fourth-order valence-electron chi connectivity index (χ4n) is 1.41. The number of aromatic nitrogens is 2. The van der Waals surface area contributed by atoms with Gasteiger partial charge in [-0.15, -0.1) is 0 Å². The maximum atomic E-state index is 11.9. The van der Waals surface area contributed by atoms with Crippen molar-refractivity contribution in [2.45, 2.75) is 0 Å². The number of rotatable bonds is 4. The van der Waals surface area contributed by atoms with Crippen LogP contribution in [0.2, 0.25) is 5.02 Å². The fraction of sp³-hybridized carbons (Fsp3) is 0.182. The molecular weight excluding hydrogens is 290 g/mol. The summed E-state index contributed by atoms with van der Waals surface area (Å²) in [5.41, 5.74) is 0.672. The molecule has 1 amide bonds. The van der Waals surface area contributed by atoms with Crippen molar-refractivity contribution in [2.24, 2.45) is 0 Å². The predicted octanol–water partition coefficient (Wildman–Crippen LogP) is 2.46. The molecule has 1 aromatic heterocycles. The van der Waals surface area contributed by atoms with E-state index < -0.39 is 0 Å². The van der Waals surface area contributed by atoms with Crippen LogP contribution in [-0.2, 0) is 0 Å². The summed E-state index contributed by atoms with van der Waals surface area (Å²) in [6.07, 6.45) is 1.39. The second kappa shape index (κ2) is 5.85. The van der Waals surface area contributed by atoms with E-state index in [1.807, 2.05) is 0 Å². The van der Waals surface area contributed by atoms with Crippen molar-refractivity contribution in [1.29, 1.82) is 0 Å². The molecule has 0 aliphatic heterocycles. The monoisotopic (exact) mass is 299 g/mol. The second-order valence-corrected chi connectivity index (χ2v) is 4.40. The minimum atomic E-state index is -0.381. The van der Waals surface area contributed by atoms with E-state index in [-0.39, 0.29) is 11.6 Å². The summed E-state index contributed by atoms with van der Waals surface area (Å²) in [6, 6.07) is 3.15. The number of benzene rings is 1. The average molecular weight is 300 g/mol. The van der Waals surface area contributed by atoms with Crippen molar-refractivity contribution in [3.05, 3.63) is 29.0 Å². The van der Waals surface area contributed by atoms with Gasteiger partial charge in [-0.25, -0.2) is 0 Å². The second-order valence-electron chi connectivity index (χ2n) is 3.43. The highest BCUT2D eigenvalue weighted by Gasteiger charge is 2.15. The summed E-state index contributed by atoms with van der Waals surface area (Å²) < 4.78 is 17.9. The van der Waals surface area contributed by atoms with Crippen LogP contribution < -0.4 is 14.8 Å². The lowest BCUT2D eigenvalue weighted by Gasteiger charge is -2.12. The molecule has 100 valence electrons. The van der Waals surface area contributed by atoms with Crippen LogP contribution in [0, 0.1) is 0 Å². The summed E-state index contributed by atoms with van der Waals surface area (Å²) in [5, 5.41) is 3.03. The first kappa shape index (κ1) is 13.6. The van der Waals surface area contributed by atoms with Gasteiger partial charge in [-0.1, -0.05) is 11.6 Å². The summed E-state index contributed by atoms with van der Waals surface area (Å²) in [7, 11) is 2.99. The number of hydrogen-bond acceptors (Lipinski definition) is 6. The number of carbonyl (C=O) groups is 1. The van der Waals surface area contributed by atoms with Crippen molar-refractivity contribution >= 4 is 34.9 Å². The molecule has 0 bridgehead atoms. The summed E-state index contributed by atoms with van der Waals surface area (Å²) >= 11 is 6.97. The van der Waals surface area contributed by atoms with Crippen LogP contribution in [0.1, 0.15) is 10.5 Å². The van der Waals surface area contributed by atoms with Crippen LogP contribution in [0.25, 0.3) is 0 Å². The van der Waals surface area contributed by atoms with Gasteiger partial charge in [0.25, 0.3) is 5.91 Å². The Morgan fingerprint density at radius 1 is 1.32 bits per heavy atom. The van der Waals surface area contributed by atoms with Gasteiger partial charge in [-0.3, -0.25) is 4.79 Å². The molecular formula is C11H10ClN3O3S. The number of amides is 1. The van der Waals surface area contributed by atoms with E-state index in [0.717, 1.165) is 11.7 Å². The van der Waals surface area contributed by atoms with E-state index in [4.69, 9.17) is 21.1 Å². The SMILES string of the molecule is COc1cc(OC)c(NC(=O)c2cnsn2)cc1Cl. The number of carbonyl (C=O) groups excluding carboxylic acids is 1. The molecule has 0 atom stereocenters. The lowest BCUT2D eigenvalue weighted by Crippen LogP contribution is -2.13. The van der Waals surface area contributed by atoms with Crippen LogP contribution in [0.4, 0.5) is 5.69 Å². The Balaban J connectivity index is 2.29. The number of ether oxygens (including phenoxy) is 2. The zero-order valence-electron chi connectivity index (χ0n) is 10.1. The zero-order chi connectivity index (χ0) is 13.8. The van der Waals surface area contributed by atoms with Crippen molar-refractivity contribution in [3.63, 3.8) is 0 Å². The van der Waals surface area contributed by atoms with Crippen LogP contribution in [0.5, 0.6) is 11.5 Å². The maximum Gasteiger partial charge on any atom is 0.277 e. The molecule has 0 saturated heterocycles. The van der Waals surface area contributed by atoms with E-state index in [2.05, 4.69) is 14.1 Å². The minimum Gasteiger partial charge on any atom is -0.495 e. The van der Waals surface area contributed by atoms with Crippen molar-refractivity contribution in [3.8, 4) is 11.5 Å². The topological polar surface area (TPSA) is 73.3 Å². The summed E-state index contributed by atoms with van der Waals surface area (Å²) in [4.78, 5) is 11.9. The lowest BCUT2D eigenvalue weighted by molar-refractivity contribution is 0.102. The number of methoxy groups -OCH3 is 2. The van der Waals surface area contributed by atoms with Crippen LogP contribution in [0.3, 0.4) is 0 Å². The van der Waals surface area contributed by atoms with E-state index in [1.54, 1.807) is 12.1 Å². The summed E-state index contributed by atoms with van der Waals surface area (Å²) in [6.45, 7) is 0. The van der Waals surface area contributed by atoms with E-state index in [9.17, 15) is 4.79 Å². The average Bonchev–Trinajstić information content (AvgIpc) is 2.93. The molecule has 0 spiro atoms. The number of anilines is 1. The third-order valence-corrected chi connectivity index (χ3v) is 3.09. The first-order valence-electron chi connectivity index (χ1n) is 5.16. The van der Waals surface area contributed by atoms with Crippen molar-refractivity contribution in [1.82, 2.24) is 8.75 Å². The van der Waals surface area contributed by atoms with Gasteiger partial charge < -0.3 is 14.8 Å². The number of nitrogens with zero attached hydrogens (tertiary/aromatic N) is 2. The summed E-state index contributed by atoms with van der Waals surface area (Å²) in [5.74, 6) is 0.526. The Kier molecular flexibility index (Phi) is 4.18. The molecule has 8 heteroatoms. The number of hydrogen-bond donors (Lipinski definition) is 1. The highest BCUT2D eigenvalue weighted by Crippen LogP contribution is 2.35. The molecule has 0 aliphatic carbocycles. The Morgan fingerprint density at radius 2 is 2.05 bits per heavy atom. The predicted molar refractivity (Wildman–Crippen MR) is 72.4 cm³/mol. The number of halogens is 1. The molecule has 19 heavy (non-hydrogen) atoms. The largest absolute Gasteiger partial charge is 0.495 e. The molecule has 0 saturated carbocycles. The lowest BCUT2D eigenvalue weighted by atomic mass is 10.2. The maximum absolute atomic E-state index is 11.9. The van der Waals surface area contributed by atoms with Gasteiger partial charge in [0.2, 0.25) is 0 Å². The third-order valence-electron chi connectivity index (χ3n) is 2.32. The smallest absolute Gasteiger partial charge is 0.277 e. The van der Waals surface area contributed by atoms with Gasteiger partial charge in [0, 0.05) is 6.07 Å². The van der Waals surface area contributed by atoms with Gasteiger partial charge in [0.05, 0.1) is 42.9 Å². The zero-order valence-corrected chi connectivity index (χ0v) is 11.7. The van der Waals surface area contributed by atoms with Gasteiger partial charge in [-0.2, -0.15) is 8.75 Å². The number of nitrogens with one attached hydrogen (secondary N) is 1. The van der Waals surface area contributed by atoms with Crippen LogP contribution in [0.15, 0.2) is 18.3 Å². The molecule has 0 aliphatic rings. The third kappa shape index (κ3) is 2.94. The molecule has 6 nitrogen and oxygen atoms in total. The van der Waals surface area contributed by atoms with Crippen LogP contribution >= 0.6 is 23.3 Å². The molecule has 1 N–H and O–H groups in total. The van der Waals surface area contributed by atoms with Crippen LogP contribution in [-0.4, -0.2) is 28.9 Å². The molecule has 0 unspecified atom stereocenters. The van der Waals surface area contributed by atoms with Gasteiger partial charge in [-0.05, 0) is 6.07 Å². The highest BCUT2D eigenvalue weighted by molar-refractivity contribution is 6.99. The molecule has 2 aromatic rings. The highest BCUT2D eigenvalue weighted by atomic mass is 35.5. The normalized spacial score (nSPS) is 10.1. The van der Waals surface area contributed by atoms with E-state index in [1.165, 1.54) is 20.4 Å². The fourth-order valence-corrected chi connectivity index (χ4v) is 2.06. The minimum absolute atomic E-state index is 0.235. The van der Waals surface area contributed by atoms with Gasteiger partial charge >= 0.3 is 0 Å². The molecule has 2 rings (SSSR count).